The molecule has 0 atom stereocenters. The van der Waals surface area contributed by atoms with E-state index < -0.39 is 11.2 Å². The van der Waals surface area contributed by atoms with Gasteiger partial charge in [-0.3, -0.25) is 18.9 Å². The number of nitrogens with zero attached hydrogens (tertiary/aromatic N) is 4. The lowest BCUT2D eigenvalue weighted by atomic mass is 10.2. The molecule has 1 aromatic heterocycles. The summed E-state index contributed by atoms with van der Waals surface area (Å²) < 4.78 is 2.36. The number of hydrogen-bond donors (Lipinski definition) is 1. The Morgan fingerprint density at radius 2 is 1.77 bits per heavy atom. The number of aromatic nitrogens is 2. The first-order valence-electron chi connectivity index (χ1n) is 6.96. The molecule has 1 aliphatic heterocycles. The molecule has 0 saturated carbocycles. The van der Waals surface area contributed by atoms with E-state index in [0.29, 0.717) is 18.0 Å². The molecular weight excluding hydrogens is 282 g/mol. The van der Waals surface area contributed by atoms with Crippen LogP contribution in [0.25, 0.3) is 0 Å². The quantitative estimate of drug-likeness (QED) is 0.656. The molecule has 0 saturated heterocycles. The van der Waals surface area contributed by atoms with E-state index in [-0.39, 0.29) is 5.36 Å². The highest BCUT2D eigenvalue weighted by atomic mass is 16.2. The molecule has 1 aliphatic rings. The number of nitrogens with one attached hydrogen (secondary N) is 1. The fourth-order valence-corrected chi connectivity index (χ4v) is 2.32. The second-order valence-electron chi connectivity index (χ2n) is 5.09. The summed E-state index contributed by atoms with van der Waals surface area (Å²) in [5.74, 6) is 0.365. The Balaban J connectivity index is 1.92. The lowest BCUT2D eigenvalue weighted by molar-refractivity contribution is -0.458. The third-order valence-corrected chi connectivity index (χ3v) is 3.58. The van der Waals surface area contributed by atoms with Gasteiger partial charge in [0.15, 0.2) is 0 Å². The predicted octanol–water partition coefficient (Wildman–Crippen LogP) is -2.98. The molecule has 2 heterocycles. The molecule has 112 valence electrons. The van der Waals surface area contributed by atoms with Crippen LogP contribution < -0.4 is 27.1 Å². The van der Waals surface area contributed by atoms with Gasteiger partial charge in [0.05, 0.1) is 6.54 Å². The van der Waals surface area contributed by atoms with Crippen molar-refractivity contribution in [1.29, 1.82) is 0 Å². The Morgan fingerprint density at radius 3 is 2.50 bits per heavy atom. The summed E-state index contributed by atoms with van der Waals surface area (Å²) in [5.41, 5.74) is 0.666. The largest absolute Gasteiger partial charge is 0.429 e. The van der Waals surface area contributed by atoms with Gasteiger partial charge in [-0.1, -0.05) is 35.3 Å². The van der Waals surface area contributed by atoms with Gasteiger partial charge in [0, 0.05) is 20.5 Å². The van der Waals surface area contributed by atoms with Crippen LogP contribution in [0.1, 0.15) is 5.56 Å². The molecule has 3 rings (SSSR count). The molecule has 0 bridgehead atoms. The summed E-state index contributed by atoms with van der Waals surface area (Å²) >= 11 is 0. The predicted molar refractivity (Wildman–Crippen MR) is 80.2 cm³/mol. The average molecular weight is 298 g/mol. The monoisotopic (exact) mass is 298 g/mol. The topological polar surface area (TPSA) is 82.7 Å². The number of benzene rings is 1. The first kappa shape index (κ1) is 14.1. The van der Waals surface area contributed by atoms with E-state index in [0.717, 1.165) is 11.0 Å². The summed E-state index contributed by atoms with van der Waals surface area (Å²) in [5, 5.41) is 0.201. The molecule has 2 aromatic rings. The standard InChI is InChI=1S/C15H15N5O2/c1-19-12-11(13(21)20(2)15(19)22)17-14(18-12)16-9-8-10-6-4-3-5-7-10/h3-7H,8-9H2,1-2H3/p+1. The summed E-state index contributed by atoms with van der Waals surface area (Å²) in [6.07, 6.45) is 0.822. The highest BCUT2D eigenvalue weighted by Gasteiger charge is 2.21. The van der Waals surface area contributed by atoms with Crippen molar-refractivity contribution >= 4 is 5.96 Å². The van der Waals surface area contributed by atoms with E-state index in [9.17, 15) is 9.59 Å². The van der Waals surface area contributed by atoms with Gasteiger partial charge in [0.2, 0.25) is 0 Å². The van der Waals surface area contributed by atoms with Crippen LogP contribution in [0.4, 0.5) is 0 Å². The summed E-state index contributed by atoms with van der Waals surface area (Å²) in [4.78, 5) is 35.4. The van der Waals surface area contributed by atoms with Crippen molar-refractivity contribution in [3.63, 3.8) is 0 Å². The molecule has 1 N–H and O–H groups in total. The zero-order valence-corrected chi connectivity index (χ0v) is 12.4. The number of fused-ring (bicyclic) bond motifs is 1. The van der Waals surface area contributed by atoms with E-state index in [1.54, 1.807) is 7.05 Å². The molecular formula is C15H16N5O2+. The second kappa shape index (κ2) is 5.51. The third kappa shape index (κ3) is 2.41. The van der Waals surface area contributed by atoms with Crippen molar-refractivity contribution in [3.05, 3.63) is 67.6 Å². The Morgan fingerprint density at radius 1 is 1.05 bits per heavy atom. The van der Waals surface area contributed by atoms with Crippen molar-refractivity contribution in [2.75, 3.05) is 6.54 Å². The van der Waals surface area contributed by atoms with Gasteiger partial charge in [0.25, 0.3) is 10.8 Å². The Hall–Kier alpha value is -2.83. The smallest absolute Gasteiger partial charge is 0.271 e. The summed E-state index contributed by atoms with van der Waals surface area (Å²) in [7, 11) is 3.01. The van der Waals surface area contributed by atoms with Crippen LogP contribution in [0.3, 0.4) is 0 Å². The minimum atomic E-state index is -0.429. The normalized spacial score (nSPS) is 14.5. The van der Waals surface area contributed by atoms with Crippen LogP contribution in [-0.2, 0) is 20.5 Å². The van der Waals surface area contributed by atoms with Crippen molar-refractivity contribution in [2.24, 2.45) is 24.1 Å². The van der Waals surface area contributed by atoms with Crippen LogP contribution in [0.15, 0.2) is 49.9 Å². The average Bonchev–Trinajstić information content (AvgIpc) is 2.96. The SMILES string of the molecule is Cn1c(=O)c2c(n(C)c1=O)=NC(=[NH+]CCc1ccccc1)N=2. The maximum absolute atomic E-state index is 12.0. The van der Waals surface area contributed by atoms with E-state index in [2.05, 4.69) is 15.0 Å². The van der Waals surface area contributed by atoms with E-state index in [1.165, 1.54) is 17.2 Å². The highest BCUT2D eigenvalue weighted by Crippen LogP contribution is 1.96. The van der Waals surface area contributed by atoms with Gasteiger partial charge in [-0.05, 0) is 10.6 Å². The van der Waals surface area contributed by atoms with E-state index >= 15 is 0 Å². The molecule has 7 nitrogen and oxygen atoms in total. The summed E-state index contributed by atoms with van der Waals surface area (Å²) in [6, 6.07) is 10.0. The Labute approximate surface area is 125 Å². The van der Waals surface area contributed by atoms with Crippen LogP contribution in [0, 0.1) is 0 Å². The number of rotatable bonds is 3. The molecule has 0 unspecified atom stereocenters. The molecule has 7 heteroatoms. The molecule has 0 amide bonds. The minimum absolute atomic E-state index is 0.201. The van der Waals surface area contributed by atoms with Crippen LogP contribution >= 0.6 is 0 Å². The third-order valence-electron chi connectivity index (χ3n) is 3.58. The second-order valence-corrected chi connectivity index (χ2v) is 5.09. The maximum atomic E-state index is 12.0. The zero-order valence-electron chi connectivity index (χ0n) is 12.4. The van der Waals surface area contributed by atoms with Crippen molar-refractivity contribution < 1.29 is 4.99 Å². The zero-order chi connectivity index (χ0) is 15.7. The van der Waals surface area contributed by atoms with Crippen LogP contribution in [-0.4, -0.2) is 21.6 Å². The molecule has 0 radical (unpaired) electrons. The minimum Gasteiger partial charge on any atom is -0.271 e. The summed E-state index contributed by atoms with van der Waals surface area (Å²) in [6.45, 7) is 0.647. The van der Waals surface area contributed by atoms with Crippen molar-refractivity contribution in [2.45, 2.75) is 6.42 Å². The van der Waals surface area contributed by atoms with E-state index in [4.69, 9.17) is 0 Å². The molecule has 1 aromatic carbocycles. The van der Waals surface area contributed by atoms with E-state index in [1.807, 2.05) is 30.3 Å². The first-order chi connectivity index (χ1) is 10.6. The lowest BCUT2D eigenvalue weighted by Gasteiger charge is -1.96. The number of hydrogen-bond acceptors (Lipinski definition) is 2. The van der Waals surface area contributed by atoms with Gasteiger partial charge in [-0.15, -0.1) is 0 Å². The van der Waals surface area contributed by atoms with Gasteiger partial charge in [-0.25, -0.2) is 4.79 Å². The van der Waals surface area contributed by atoms with Crippen molar-refractivity contribution in [1.82, 2.24) is 9.13 Å². The van der Waals surface area contributed by atoms with Crippen molar-refractivity contribution in [3.8, 4) is 0 Å². The molecule has 0 spiro atoms. The fraction of sp³-hybridized carbons (Fsp3) is 0.267. The highest BCUT2D eigenvalue weighted by molar-refractivity contribution is 5.77. The van der Waals surface area contributed by atoms with Crippen LogP contribution in [0.5, 0.6) is 0 Å². The Kier molecular flexibility index (Phi) is 3.54. The lowest BCUT2D eigenvalue weighted by Crippen LogP contribution is -2.72. The maximum Gasteiger partial charge on any atom is 0.429 e. The number of guanidine groups is 1. The fourth-order valence-electron chi connectivity index (χ4n) is 2.32. The molecule has 0 aliphatic carbocycles. The van der Waals surface area contributed by atoms with Gasteiger partial charge < -0.3 is 0 Å². The van der Waals surface area contributed by atoms with Gasteiger partial charge in [-0.2, -0.15) is 0 Å². The molecule has 0 fully saturated rings. The van der Waals surface area contributed by atoms with Gasteiger partial charge >= 0.3 is 17.2 Å². The first-order valence-corrected chi connectivity index (χ1v) is 6.96. The van der Waals surface area contributed by atoms with Crippen LogP contribution in [0.2, 0.25) is 0 Å². The Bertz CT molecular complexity index is 984. The molecule has 22 heavy (non-hydrogen) atoms. The van der Waals surface area contributed by atoms with Gasteiger partial charge in [0.1, 0.15) is 0 Å².